The highest BCUT2D eigenvalue weighted by Crippen LogP contribution is 2.70. The predicted octanol–water partition coefficient (Wildman–Crippen LogP) is 2.47. The number of rotatable bonds is 1. The zero-order chi connectivity index (χ0) is 23.3. The van der Waals surface area contributed by atoms with Crippen molar-refractivity contribution in [3.05, 3.63) is 11.6 Å². The van der Waals surface area contributed by atoms with Crippen LogP contribution in [0, 0.1) is 40.4 Å². The first-order valence-electron chi connectivity index (χ1n) is 12.9. The van der Waals surface area contributed by atoms with Crippen LogP contribution < -0.4 is 0 Å². The summed E-state index contributed by atoms with van der Waals surface area (Å²) in [6.45, 7) is 5.36. The van der Waals surface area contributed by atoms with Crippen LogP contribution in [0.2, 0.25) is 0 Å². The lowest BCUT2D eigenvalue weighted by molar-refractivity contribution is -0.256. The van der Waals surface area contributed by atoms with Crippen LogP contribution >= 0.6 is 0 Å². The Morgan fingerprint density at radius 3 is 2.58 bits per heavy atom. The molecule has 0 unspecified atom stereocenters. The van der Waals surface area contributed by atoms with Gasteiger partial charge in [-0.15, -0.1) is 0 Å². The number of carboxylic acids is 1. The quantitative estimate of drug-likeness (QED) is 0.442. The molecule has 0 amide bonds. The molecule has 6 aliphatic rings. The van der Waals surface area contributed by atoms with Crippen LogP contribution in [0.5, 0.6) is 0 Å². The number of aliphatic hydroxyl groups excluding tert-OH is 3. The van der Waals surface area contributed by atoms with E-state index in [1.165, 1.54) is 6.08 Å². The summed E-state index contributed by atoms with van der Waals surface area (Å²) in [7, 11) is 0. The van der Waals surface area contributed by atoms with E-state index in [0.29, 0.717) is 36.2 Å². The minimum absolute atomic E-state index is 0.0699. The Morgan fingerprint density at radius 2 is 1.88 bits per heavy atom. The number of hydrogen-bond donors (Lipinski definition) is 4. The van der Waals surface area contributed by atoms with Gasteiger partial charge in [0, 0.05) is 12.8 Å². The van der Waals surface area contributed by atoms with Gasteiger partial charge in [-0.1, -0.05) is 25.5 Å². The molecule has 12 atom stereocenters. The Kier molecular flexibility index (Phi) is 4.95. The summed E-state index contributed by atoms with van der Waals surface area (Å²) in [4.78, 5) is 12.8. The van der Waals surface area contributed by atoms with Crippen LogP contribution in [0.4, 0.5) is 0 Å². The number of hydrogen-bond acceptors (Lipinski definition) is 6. The molecule has 0 aromatic heterocycles. The van der Waals surface area contributed by atoms with Gasteiger partial charge in [0.15, 0.2) is 5.79 Å². The lowest BCUT2D eigenvalue weighted by Gasteiger charge is -2.59. The highest BCUT2D eigenvalue weighted by atomic mass is 16.7. The summed E-state index contributed by atoms with van der Waals surface area (Å²) in [5.41, 5.74) is -0.839. The average molecular weight is 463 g/mol. The molecule has 7 nitrogen and oxygen atoms in total. The largest absolute Gasteiger partial charge is 0.481 e. The van der Waals surface area contributed by atoms with Crippen LogP contribution in [0.1, 0.15) is 65.2 Å². The molecule has 7 heteroatoms. The zero-order valence-electron chi connectivity index (χ0n) is 19.7. The summed E-state index contributed by atoms with van der Waals surface area (Å²) < 4.78 is 12.9. The minimum atomic E-state index is -1.51. The molecule has 0 radical (unpaired) electrons. The molecule has 4 N–H and O–H groups in total. The summed E-state index contributed by atoms with van der Waals surface area (Å²) in [6, 6.07) is 0. The molecule has 2 saturated heterocycles. The van der Waals surface area contributed by atoms with Gasteiger partial charge in [0.1, 0.15) is 23.7 Å². The molecule has 2 heterocycles. The molecule has 1 spiro atoms. The van der Waals surface area contributed by atoms with Crippen LogP contribution in [-0.2, 0) is 14.3 Å². The maximum absolute atomic E-state index is 12.8. The standard InChI is InChI=1S/C26H38O7/c1-13-5-8-25(32-12-13)11-18-20(33-25)10-17-15-4-3-14-9-19(27)21(28)22(29)26(14,23(30)31)16(15)6-7-24(17,18)2/h9,13,15-22,27-29H,3-8,10-12H2,1-2H3,(H,30,31)/t13-,15-,16+,17+,18+,19-,20+,21-,22-,24+,25-,26-/m1/s1. The van der Waals surface area contributed by atoms with Crippen LogP contribution in [0.15, 0.2) is 11.6 Å². The number of carboxylic acid groups (broad SMARTS) is 1. The fourth-order valence-electron chi connectivity index (χ4n) is 9.25. The van der Waals surface area contributed by atoms with Gasteiger partial charge in [-0.05, 0) is 73.5 Å². The van der Waals surface area contributed by atoms with Gasteiger partial charge in [0.25, 0.3) is 0 Å². The normalized spacial score (nSPS) is 57.6. The molecule has 184 valence electrons. The van der Waals surface area contributed by atoms with E-state index in [2.05, 4.69) is 13.8 Å². The predicted molar refractivity (Wildman–Crippen MR) is 118 cm³/mol. The molecular weight excluding hydrogens is 424 g/mol. The van der Waals surface area contributed by atoms with E-state index in [1.54, 1.807) is 0 Å². The number of aliphatic hydroxyl groups is 3. The summed E-state index contributed by atoms with van der Waals surface area (Å²) in [5.74, 6) is -0.263. The Hall–Kier alpha value is -0.990. The first kappa shape index (κ1) is 22.5. The van der Waals surface area contributed by atoms with Gasteiger partial charge >= 0.3 is 5.97 Å². The lowest BCUT2D eigenvalue weighted by atomic mass is 9.45. The Labute approximate surface area is 195 Å². The van der Waals surface area contributed by atoms with Crippen molar-refractivity contribution in [3.8, 4) is 0 Å². The molecule has 4 aliphatic carbocycles. The van der Waals surface area contributed by atoms with E-state index in [4.69, 9.17) is 9.47 Å². The van der Waals surface area contributed by atoms with E-state index in [1.807, 2.05) is 0 Å². The van der Waals surface area contributed by atoms with Gasteiger partial charge in [-0.3, -0.25) is 4.79 Å². The second-order valence-corrected chi connectivity index (χ2v) is 12.3. The third-order valence-electron chi connectivity index (χ3n) is 10.9. The third-order valence-corrected chi connectivity index (χ3v) is 10.9. The Balaban J connectivity index is 1.31. The average Bonchev–Trinajstić information content (AvgIpc) is 3.27. The van der Waals surface area contributed by atoms with E-state index in [9.17, 15) is 25.2 Å². The molecule has 0 bridgehead atoms. The second-order valence-electron chi connectivity index (χ2n) is 12.3. The Morgan fingerprint density at radius 1 is 1.09 bits per heavy atom. The molecular formula is C26H38O7. The fraction of sp³-hybridized carbons (Fsp3) is 0.885. The zero-order valence-corrected chi connectivity index (χ0v) is 19.7. The highest BCUT2D eigenvalue weighted by molar-refractivity contribution is 5.81. The van der Waals surface area contributed by atoms with Crippen molar-refractivity contribution in [2.75, 3.05) is 6.61 Å². The van der Waals surface area contributed by atoms with Crippen molar-refractivity contribution in [1.29, 1.82) is 0 Å². The number of ether oxygens (including phenoxy) is 2. The van der Waals surface area contributed by atoms with Gasteiger partial charge in [0.05, 0.1) is 12.7 Å². The van der Waals surface area contributed by atoms with Gasteiger partial charge in [-0.25, -0.2) is 0 Å². The van der Waals surface area contributed by atoms with Crippen molar-refractivity contribution < 1.29 is 34.7 Å². The summed E-state index contributed by atoms with van der Waals surface area (Å²) in [6.07, 6.45) is 4.39. The topological polar surface area (TPSA) is 116 Å². The van der Waals surface area contributed by atoms with Crippen LogP contribution in [0.3, 0.4) is 0 Å². The maximum atomic E-state index is 12.8. The molecule has 0 aromatic carbocycles. The molecule has 5 fully saturated rings. The van der Waals surface area contributed by atoms with Crippen molar-refractivity contribution >= 4 is 5.97 Å². The molecule has 3 saturated carbocycles. The van der Waals surface area contributed by atoms with Crippen molar-refractivity contribution in [2.24, 2.45) is 40.4 Å². The lowest BCUT2D eigenvalue weighted by Crippen LogP contribution is -2.64. The fourth-order valence-corrected chi connectivity index (χ4v) is 9.25. The monoisotopic (exact) mass is 462 g/mol. The Bertz CT molecular complexity index is 863. The van der Waals surface area contributed by atoms with Crippen LogP contribution in [0.25, 0.3) is 0 Å². The van der Waals surface area contributed by atoms with Crippen molar-refractivity contribution in [3.63, 3.8) is 0 Å². The first-order chi connectivity index (χ1) is 15.6. The molecule has 0 aromatic rings. The second kappa shape index (κ2) is 7.26. The third kappa shape index (κ3) is 2.83. The van der Waals surface area contributed by atoms with E-state index < -0.39 is 35.5 Å². The van der Waals surface area contributed by atoms with Crippen molar-refractivity contribution in [2.45, 2.75) is 95.4 Å². The van der Waals surface area contributed by atoms with E-state index >= 15 is 0 Å². The van der Waals surface area contributed by atoms with Gasteiger partial charge in [-0.2, -0.15) is 0 Å². The minimum Gasteiger partial charge on any atom is -0.481 e. The molecule has 6 rings (SSSR count). The molecule has 33 heavy (non-hydrogen) atoms. The van der Waals surface area contributed by atoms with Gasteiger partial charge < -0.3 is 29.9 Å². The van der Waals surface area contributed by atoms with E-state index in [0.717, 1.165) is 45.1 Å². The highest BCUT2D eigenvalue weighted by Gasteiger charge is 2.70. The molecule has 2 aliphatic heterocycles. The first-order valence-corrected chi connectivity index (χ1v) is 12.9. The number of aliphatic carboxylic acids is 1. The SMILES string of the molecule is C[C@@H]1CC[C@@]2(C[C@H]3[C@H](C[C@H]4[C@@H]5CCC6=C[C@@H](O)[C@@H](O)[C@@H](O)[C@]6(C(=O)O)[C@H]5CC[C@@]43C)O2)OC1. The summed E-state index contributed by atoms with van der Waals surface area (Å²) >= 11 is 0. The van der Waals surface area contributed by atoms with Crippen LogP contribution in [-0.4, -0.2) is 63.2 Å². The maximum Gasteiger partial charge on any atom is 0.316 e. The smallest absolute Gasteiger partial charge is 0.316 e. The van der Waals surface area contributed by atoms with Crippen molar-refractivity contribution in [1.82, 2.24) is 0 Å². The number of carbonyl (C=O) groups is 1. The number of fused-ring (bicyclic) bond motifs is 7. The summed E-state index contributed by atoms with van der Waals surface area (Å²) in [5, 5.41) is 42.2. The van der Waals surface area contributed by atoms with Gasteiger partial charge in [0.2, 0.25) is 0 Å². The van der Waals surface area contributed by atoms with E-state index in [-0.39, 0.29) is 23.4 Å².